The number of hydrogen-bond donors (Lipinski definition) is 4. The standard InChI is InChI=1S/C34H52N2O4/c1-23-19-25(21-27(31(23)39)33(3,4)5)13-15-29(37)35-17-11-9-10-12-18-36-30(38)16-14-26-20-24(2)32(40)28(22-26)34(6,7)8/h19-22,39-40H,9-18H2,1-8H3,(H,35,37)(H,36,38). The first-order valence-electron chi connectivity index (χ1n) is 14.8. The Bertz CT molecular complexity index is 1060. The summed E-state index contributed by atoms with van der Waals surface area (Å²) in [6.45, 7) is 17.6. The number of aryl methyl sites for hydroxylation is 4. The lowest BCUT2D eigenvalue weighted by atomic mass is 9.83. The average molecular weight is 553 g/mol. The highest BCUT2D eigenvalue weighted by Crippen LogP contribution is 2.35. The van der Waals surface area contributed by atoms with E-state index in [1.165, 1.54) is 0 Å². The molecule has 0 bridgehead atoms. The first-order valence-corrected chi connectivity index (χ1v) is 14.8. The van der Waals surface area contributed by atoms with Gasteiger partial charge in [-0.15, -0.1) is 0 Å². The number of aromatic hydroxyl groups is 2. The molecule has 0 aliphatic carbocycles. The molecule has 2 amide bonds. The maximum absolute atomic E-state index is 12.3. The fourth-order valence-corrected chi connectivity index (χ4v) is 4.89. The molecule has 4 N–H and O–H groups in total. The van der Waals surface area contributed by atoms with Crippen LogP contribution in [-0.4, -0.2) is 35.1 Å². The van der Waals surface area contributed by atoms with Crippen LogP contribution < -0.4 is 10.6 Å². The molecule has 2 rings (SSSR count). The van der Waals surface area contributed by atoms with Crippen molar-refractivity contribution < 1.29 is 19.8 Å². The van der Waals surface area contributed by atoms with Crippen LogP contribution >= 0.6 is 0 Å². The molecule has 6 nitrogen and oxygen atoms in total. The quantitative estimate of drug-likeness (QED) is 0.209. The van der Waals surface area contributed by atoms with Gasteiger partial charge in [-0.2, -0.15) is 0 Å². The van der Waals surface area contributed by atoms with Crippen LogP contribution in [0.15, 0.2) is 24.3 Å². The molecule has 0 saturated carbocycles. The lowest BCUT2D eigenvalue weighted by molar-refractivity contribution is -0.121. The number of carbonyl (C=O) groups is 2. The van der Waals surface area contributed by atoms with Gasteiger partial charge in [0.2, 0.25) is 11.8 Å². The van der Waals surface area contributed by atoms with Crippen LogP contribution in [0.1, 0.15) is 113 Å². The second-order valence-corrected chi connectivity index (χ2v) is 13.2. The van der Waals surface area contributed by atoms with Crippen molar-refractivity contribution in [3.05, 3.63) is 57.6 Å². The zero-order valence-electron chi connectivity index (χ0n) is 26.1. The van der Waals surface area contributed by atoms with Crippen molar-refractivity contribution >= 4 is 11.8 Å². The third-order valence-electron chi connectivity index (χ3n) is 7.37. The maximum Gasteiger partial charge on any atom is 0.220 e. The van der Waals surface area contributed by atoms with E-state index in [9.17, 15) is 19.8 Å². The van der Waals surface area contributed by atoms with Gasteiger partial charge in [-0.1, -0.05) is 78.6 Å². The smallest absolute Gasteiger partial charge is 0.220 e. The van der Waals surface area contributed by atoms with E-state index in [0.29, 0.717) is 50.3 Å². The van der Waals surface area contributed by atoms with Gasteiger partial charge in [-0.25, -0.2) is 0 Å². The van der Waals surface area contributed by atoms with Crippen molar-refractivity contribution in [2.75, 3.05) is 13.1 Å². The topological polar surface area (TPSA) is 98.7 Å². The first kappa shape index (κ1) is 33.2. The van der Waals surface area contributed by atoms with Gasteiger partial charge in [0.15, 0.2) is 0 Å². The minimum absolute atomic E-state index is 0.0498. The summed E-state index contributed by atoms with van der Waals surface area (Å²) in [7, 11) is 0. The molecular weight excluding hydrogens is 500 g/mol. The van der Waals surface area contributed by atoms with Gasteiger partial charge in [0.25, 0.3) is 0 Å². The van der Waals surface area contributed by atoms with E-state index in [1.54, 1.807) is 0 Å². The Kier molecular flexibility index (Phi) is 12.1. The summed E-state index contributed by atoms with van der Waals surface area (Å²) >= 11 is 0. The van der Waals surface area contributed by atoms with Crippen LogP contribution in [-0.2, 0) is 33.3 Å². The third-order valence-corrected chi connectivity index (χ3v) is 7.37. The van der Waals surface area contributed by atoms with Crippen LogP contribution in [0.25, 0.3) is 0 Å². The summed E-state index contributed by atoms with van der Waals surface area (Å²) in [6.07, 6.45) is 6.02. The van der Waals surface area contributed by atoms with Crippen LogP contribution in [0, 0.1) is 13.8 Å². The maximum atomic E-state index is 12.3. The minimum atomic E-state index is -0.153. The Balaban J connectivity index is 1.59. The van der Waals surface area contributed by atoms with Crippen LogP contribution in [0.5, 0.6) is 11.5 Å². The molecule has 0 fully saturated rings. The molecular formula is C34H52N2O4. The second kappa shape index (κ2) is 14.6. The molecule has 0 aromatic heterocycles. The van der Waals surface area contributed by atoms with E-state index in [2.05, 4.69) is 52.2 Å². The van der Waals surface area contributed by atoms with Crippen molar-refractivity contribution in [2.45, 2.75) is 118 Å². The summed E-state index contributed by atoms with van der Waals surface area (Å²) in [4.78, 5) is 24.6. The fourth-order valence-electron chi connectivity index (χ4n) is 4.89. The molecule has 0 atom stereocenters. The van der Waals surface area contributed by atoms with E-state index in [-0.39, 0.29) is 22.6 Å². The highest BCUT2D eigenvalue weighted by molar-refractivity contribution is 5.76. The van der Waals surface area contributed by atoms with E-state index in [4.69, 9.17) is 0 Å². The first-order chi connectivity index (χ1) is 18.6. The number of carbonyl (C=O) groups excluding carboxylic acids is 2. The predicted molar refractivity (Wildman–Crippen MR) is 164 cm³/mol. The monoisotopic (exact) mass is 552 g/mol. The SMILES string of the molecule is Cc1cc(CCC(=O)NCCCCCCNC(=O)CCc2cc(C)c(O)c(C(C)(C)C)c2)cc(C(C)(C)C)c1O. The molecule has 0 heterocycles. The lowest BCUT2D eigenvalue weighted by Crippen LogP contribution is -2.25. The van der Waals surface area contributed by atoms with Crippen molar-refractivity contribution in [2.24, 2.45) is 0 Å². The summed E-state index contributed by atoms with van der Waals surface area (Å²) in [5.41, 5.74) is 5.37. The molecule has 0 radical (unpaired) electrons. The lowest BCUT2D eigenvalue weighted by Gasteiger charge is -2.22. The highest BCUT2D eigenvalue weighted by atomic mass is 16.3. The molecule has 6 heteroatoms. The third kappa shape index (κ3) is 10.5. The molecule has 40 heavy (non-hydrogen) atoms. The fraction of sp³-hybridized carbons (Fsp3) is 0.588. The number of unbranched alkanes of at least 4 members (excludes halogenated alkanes) is 3. The van der Waals surface area contributed by atoms with Crippen molar-refractivity contribution in [1.29, 1.82) is 0 Å². The van der Waals surface area contributed by atoms with E-state index in [1.807, 2.05) is 38.1 Å². The van der Waals surface area contributed by atoms with Crippen molar-refractivity contribution in [3.63, 3.8) is 0 Å². The van der Waals surface area contributed by atoms with Gasteiger partial charge in [0, 0.05) is 25.9 Å². The molecule has 222 valence electrons. The van der Waals surface area contributed by atoms with Gasteiger partial charge in [-0.3, -0.25) is 9.59 Å². The zero-order valence-corrected chi connectivity index (χ0v) is 26.1. The Hall–Kier alpha value is -3.02. The molecule has 2 aromatic carbocycles. The van der Waals surface area contributed by atoms with E-state index < -0.39 is 0 Å². The second-order valence-electron chi connectivity index (χ2n) is 13.2. The molecule has 0 saturated heterocycles. The average Bonchev–Trinajstić information content (AvgIpc) is 2.85. The molecule has 0 spiro atoms. The summed E-state index contributed by atoms with van der Waals surface area (Å²) < 4.78 is 0. The minimum Gasteiger partial charge on any atom is -0.507 e. The Morgan fingerprint density at radius 2 is 0.975 bits per heavy atom. The van der Waals surface area contributed by atoms with Crippen LogP contribution in [0.2, 0.25) is 0 Å². The molecule has 0 unspecified atom stereocenters. The van der Waals surface area contributed by atoms with Gasteiger partial charge in [-0.05, 0) is 83.7 Å². The molecule has 0 aliphatic rings. The van der Waals surface area contributed by atoms with Crippen LogP contribution in [0.3, 0.4) is 0 Å². The Labute approximate surface area is 242 Å². The number of phenols is 2. The van der Waals surface area contributed by atoms with Gasteiger partial charge in [0.05, 0.1) is 0 Å². The predicted octanol–water partition coefficient (Wildman–Crippen LogP) is 6.67. The van der Waals surface area contributed by atoms with Crippen molar-refractivity contribution in [1.82, 2.24) is 10.6 Å². The number of benzene rings is 2. The van der Waals surface area contributed by atoms with E-state index >= 15 is 0 Å². The Morgan fingerprint density at radius 3 is 1.30 bits per heavy atom. The molecule has 0 aliphatic heterocycles. The van der Waals surface area contributed by atoms with Gasteiger partial charge < -0.3 is 20.8 Å². The Morgan fingerprint density at radius 1 is 0.625 bits per heavy atom. The number of amides is 2. The van der Waals surface area contributed by atoms with Crippen LogP contribution in [0.4, 0.5) is 0 Å². The summed E-state index contributed by atoms with van der Waals surface area (Å²) in [5, 5.41) is 26.8. The highest BCUT2D eigenvalue weighted by Gasteiger charge is 2.21. The number of rotatable bonds is 13. The largest absolute Gasteiger partial charge is 0.507 e. The number of nitrogens with one attached hydrogen (secondary N) is 2. The normalized spacial score (nSPS) is 11.9. The number of hydrogen-bond acceptors (Lipinski definition) is 4. The summed E-state index contributed by atoms with van der Waals surface area (Å²) in [6, 6.07) is 7.97. The van der Waals surface area contributed by atoms with Gasteiger partial charge >= 0.3 is 0 Å². The van der Waals surface area contributed by atoms with Gasteiger partial charge in [0.1, 0.15) is 11.5 Å². The summed E-state index contributed by atoms with van der Waals surface area (Å²) in [5.74, 6) is 0.792. The zero-order chi connectivity index (χ0) is 30.1. The number of phenolic OH excluding ortho intramolecular Hbond substituents is 2. The molecule has 2 aromatic rings. The van der Waals surface area contributed by atoms with Crippen molar-refractivity contribution in [3.8, 4) is 11.5 Å². The van der Waals surface area contributed by atoms with E-state index in [0.717, 1.165) is 59.1 Å².